The fraction of sp³-hybridized carbons (Fsp3) is 0.571. The summed E-state index contributed by atoms with van der Waals surface area (Å²) in [4.78, 5) is 23.3. The molecule has 0 bridgehead atoms. The number of alkyl halides is 3. The van der Waals surface area contributed by atoms with Crippen LogP contribution < -0.4 is 15.5 Å². The summed E-state index contributed by atoms with van der Waals surface area (Å²) in [5, 5.41) is 5.99. The Morgan fingerprint density at radius 1 is 1.38 bits per heavy atom. The third-order valence-corrected chi connectivity index (χ3v) is 6.36. The van der Waals surface area contributed by atoms with Crippen LogP contribution in [0.15, 0.2) is 18.5 Å². The number of carbonyl (C=O) groups excluding carboxylic acids is 1. The van der Waals surface area contributed by atoms with E-state index in [1.165, 1.54) is 0 Å². The molecular formula is C21H27F3N6O2. The van der Waals surface area contributed by atoms with Crippen molar-refractivity contribution in [3.8, 4) is 0 Å². The van der Waals surface area contributed by atoms with Gasteiger partial charge in [-0.15, -0.1) is 0 Å². The number of carbonyl (C=O) groups is 1. The zero-order chi connectivity index (χ0) is 23.3. The van der Waals surface area contributed by atoms with Crippen LogP contribution >= 0.6 is 0 Å². The minimum absolute atomic E-state index is 0.0610. The summed E-state index contributed by atoms with van der Waals surface area (Å²) >= 11 is 0. The van der Waals surface area contributed by atoms with E-state index in [4.69, 9.17) is 4.74 Å². The lowest BCUT2D eigenvalue weighted by atomic mass is 10.1. The molecule has 2 atom stereocenters. The standard InChI is InChI=1S/C21H27F3N6O2/c1-12-15-17(29(3)16(13(2)32-4)18(31)27-15)28-19(26-12)25-9-14-5-8-30(10-14)11-20(6-7-20)21(22,23)24/h5,8,10,13,16H,6-7,9,11H2,1-4H3,(H,27,31)(H,25,26,28)/t13-,16+/m1/s1. The molecule has 32 heavy (non-hydrogen) atoms. The topological polar surface area (TPSA) is 84.3 Å². The number of likely N-dealkylation sites (N-methyl/N-ethyl adjacent to an activating group) is 1. The summed E-state index contributed by atoms with van der Waals surface area (Å²) in [5.74, 6) is 0.761. The van der Waals surface area contributed by atoms with Gasteiger partial charge in [-0.2, -0.15) is 18.2 Å². The van der Waals surface area contributed by atoms with Crippen LogP contribution in [0.5, 0.6) is 0 Å². The van der Waals surface area contributed by atoms with Gasteiger partial charge in [0.2, 0.25) is 11.9 Å². The second-order valence-corrected chi connectivity index (χ2v) is 8.64. The second kappa shape index (κ2) is 7.95. The van der Waals surface area contributed by atoms with E-state index in [1.807, 2.05) is 6.92 Å². The molecule has 1 fully saturated rings. The molecule has 2 aromatic rings. The molecule has 0 aromatic carbocycles. The summed E-state index contributed by atoms with van der Waals surface area (Å²) in [6.45, 7) is 3.89. The number of methoxy groups -OCH3 is 1. The molecule has 1 aliphatic heterocycles. The number of rotatable bonds is 7. The van der Waals surface area contributed by atoms with Crippen molar-refractivity contribution in [2.24, 2.45) is 5.41 Å². The number of halogens is 3. The third-order valence-electron chi connectivity index (χ3n) is 6.36. The first-order chi connectivity index (χ1) is 15.0. The van der Waals surface area contributed by atoms with Crippen molar-refractivity contribution >= 4 is 23.4 Å². The minimum atomic E-state index is -4.18. The second-order valence-electron chi connectivity index (χ2n) is 8.64. The number of aryl methyl sites for hydroxylation is 1. The predicted octanol–water partition coefficient (Wildman–Crippen LogP) is 3.33. The highest BCUT2D eigenvalue weighted by Gasteiger charge is 2.63. The lowest BCUT2D eigenvalue weighted by molar-refractivity contribution is -0.190. The number of aromatic nitrogens is 3. The largest absolute Gasteiger partial charge is 0.396 e. The van der Waals surface area contributed by atoms with Crippen LogP contribution in [0.3, 0.4) is 0 Å². The lowest BCUT2D eigenvalue weighted by Crippen LogP contribution is -2.53. The van der Waals surface area contributed by atoms with E-state index >= 15 is 0 Å². The van der Waals surface area contributed by atoms with Gasteiger partial charge in [-0.1, -0.05) is 0 Å². The van der Waals surface area contributed by atoms with Gasteiger partial charge in [0.25, 0.3) is 0 Å². The zero-order valence-corrected chi connectivity index (χ0v) is 18.5. The highest BCUT2D eigenvalue weighted by molar-refractivity contribution is 6.03. The van der Waals surface area contributed by atoms with Gasteiger partial charge in [0.1, 0.15) is 11.7 Å². The first kappa shape index (κ1) is 22.4. The van der Waals surface area contributed by atoms with Crippen molar-refractivity contribution in [2.45, 2.75) is 58.1 Å². The zero-order valence-electron chi connectivity index (χ0n) is 18.5. The third kappa shape index (κ3) is 4.01. The van der Waals surface area contributed by atoms with Crippen LogP contribution in [0.1, 0.15) is 31.0 Å². The number of anilines is 3. The van der Waals surface area contributed by atoms with Crippen molar-refractivity contribution in [1.82, 2.24) is 14.5 Å². The van der Waals surface area contributed by atoms with Crippen LogP contribution in [0, 0.1) is 12.3 Å². The Morgan fingerprint density at radius 3 is 2.72 bits per heavy atom. The maximum absolute atomic E-state index is 13.2. The average Bonchev–Trinajstić information content (AvgIpc) is 3.38. The summed E-state index contributed by atoms with van der Waals surface area (Å²) in [7, 11) is 3.33. The Hall–Kier alpha value is -2.82. The summed E-state index contributed by atoms with van der Waals surface area (Å²) < 4.78 is 46.6. The fourth-order valence-corrected chi connectivity index (χ4v) is 4.11. The maximum Gasteiger partial charge on any atom is 0.396 e. The SMILES string of the molecule is CO[C@H](C)[C@H]1C(=O)Nc2c(C)nc(NCc3ccn(CC4(C(F)(F)F)CC4)c3)nc2N1C. The Morgan fingerprint density at radius 2 is 2.09 bits per heavy atom. The molecule has 1 saturated carbocycles. The van der Waals surface area contributed by atoms with Crippen molar-refractivity contribution in [2.75, 3.05) is 29.7 Å². The molecule has 1 amide bonds. The van der Waals surface area contributed by atoms with Crippen LogP contribution in [0.4, 0.5) is 30.6 Å². The van der Waals surface area contributed by atoms with Gasteiger partial charge in [-0.3, -0.25) is 4.79 Å². The van der Waals surface area contributed by atoms with Gasteiger partial charge in [-0.05, 0) is 38.3 Å². The first-order valence-electron chi connectivity index (χ1n) is 10.4. The molecule has 3 heterocycles. The molecule has 4 rings (SSSR count). The number of hydrogen-bond donors (Lipinski definition) is 2. The monoisotopic (exact) mass is 452 g/mol. The summed E-state index contributed by atoms with van der Waals surface area (Å²) in [6.07, 6.45) is -0.779. The number of hydrogen-bond acceptors (Lipinski definition) is 6. The molecule has 0 unspecified atom stereocenters. The van der Waals surface area contributed by atoms with Crippen molar-refractivity contribution < 1.29 is 22.7 Å². The molecule has 2 N–H and O–H groups in total. The molecule has 11 heteroatoms. The predicted molar refractivity (Wildman–Crippen MR) is 114 cm³/mol. The molecule has 0 saturated heterocycles. The van der Waals surface area contributed by atoms with Crippen LogP contribution in [-0.2, 0) is 22.6 Å². The van der Waals surface area contributed by atoms with E-state index in [0.29, 0.717) is 29.7 Å². The quantitative estimate of drug-likeness (QED) is 0.671. The summed E-state index contributed by atoms with van der Waals surface area (Å²) in [6, 6.07) is 1.25. The Bertz CT molecular complexity index is 1020. The number of nitrogens with zero attached hydrogens (tertiary/aromatic N) is 4. The molecule has 0 radical (unpaired) electrons. The average molecular weight is 452 g/mol. The van der Waals surface area contributed by atoms with E-state index in [9.17, 15) is 18.0 Å². The lowest BCUT2D eigenvalue weighted by Gasteiger charge is -2.37. The first-order valence-corrected chi connectivity index (χ1v) is 10.4. The van der Waals surface area contributed by atoms with Crippen LogP contribution in [0.25, 0.3) is 0 Å². The Balaban J connectivity index is 1.47. The normalized spacial score (nSPS) is 20.5. The molecule has 1 aliphatic carbocycles. The number of nitrogens with one attached hydrogen (secondary N) is 2. The van der Waals surface area contributed by atoms with E-state index in [-0.39, 0.29) is 31.4 Å². The maximum atomic E-state index is 13.2. The highest BCUT2D eigenvalue weighted by Crippen LogP contribution is 2.58. The van der Waals surface area contributed by atoms with Crippen molar-refractivity contribution in [3.05, 3.63) is 29.7 Å². The Labute approximate surface area is 184 Å². The molecule has 0 spiro atoms. The smallest absolute Gasteiger partial charge is 0.379 e. The van der Waals surface area contributed by atoms with E-state index in [2.05, 4.69) is 20.6 Å². The highest BCUT2D eigenvalue weighted by atomic mass is 19.4. The van der Waals surface area contributed by atoms with Crippen molar-refractivity contribution in [1.29, 1.82) is 0 Å². The van der Waals surface area contributed by atoms with Gasteiger partial charge >= 0.3 is 6.18 Å². The summed E-state index contributed by atoms with van der Waals surface area (Å²) in [5.41, 5.74) is 0.408. The van der Waals surface area contributed by atoms with Gasteiger partial charge in [-0.25, -0.2) is 4.98 Å². The van der Waals surface area contributed by atoms with Crippen LogP contribution in [-0.4, -0.2) is 52.9 Å². The molecule has 174 valence electrons. The van der Waals surface area contributed by atoms with Crippen molar-refractivity contribution in [3.63, 3.8) is 0 Å². The van der Waals surface area contributed by atoms with E-state index < -0.39 is 17.6 Å². The van der Waals surface area contributed by atoms with Crippen LogP contribution in [0.2, 0.25) is 0 Å². The number of ether oxygens (including phenoxy) is 1. The van der Waals surface area contributed by atoms with E-state index in [1.54, 1.807) is 49.0 Å². The fourth-order valence-electron chi connectivity index (χ4n) is 4.11. The number of amides is 1. The van der Waals surface area contributed by atoms with Gasteiger partial charge in [0.15, 0.2) is 5.82 Å². The number of fused-ring (bicyclic) bond motifs is 1. The van der Waals surface area contributed by atoms with E-state index in [0.717, 1.165) is 5.56 Å². The molecular weight excluding hydrogens is 425 g/mol. The van der Waals surface area contributed by atoms with Gasteiger partial charge in [0.05, 0.1) is 17.2 Å². The molecule has 2 aliphatic rings. The Kier molecular flexibility index (Phi) is 5.56. The minimum Gasteiger partial charge on any atom is -0.379 e. The van der Waals surface area contributed by atoms with Gasteiger partial charge < -0.3 is 24.8 Å². The molecule has 2 aromatic heterocycles. The molecule has 8 nitrogen and oxygen atoms in total. The van der Waals surface area contributed by atoms with Gasteiger partial charge in [0, 0.05) is 39.6 Å².